The van der Waals surface area contributed by atoms with E-state index in [4.69, 9.17) is 0 Å². The third-order valence-corrected chi connectivity index (χ3v) is 3.05. The van der Waals surface area contributed by atoms with Gasteiger partial charge in [0.2, 0.25) is 0 Å². The standard InChI is InChI=1S/C14H15N5/c1-3-19-14-12(8-17-19)13(15-9-16-14)18-11-6-4-10(2)5-7-11/h4-9H,3H2,1-2H3,(H,15,16,18). The van der Waals surface area contributed by atoms with E-state index in [1.165, 1.54) is 5.56 Å². The predicted molar refractivity (Wildman–Crippen MR) is 75.5 cm³/mol. The van der Waals surface area contributed by atoms with E-state index in [0.717, 1.165) is 29.1 Å². The number of nitrogens with one attached hydrogen (secondary N) is 1. The van der Waals surface area contributed by atoms with Gasteiger partial charge in [-0.15, -0.1) is 0 Å². The zero-order valence-electron chi connectivity index (χ0n) is 11.0. The van der Waals surface area contributed by atoms with Crippen LogP contribution in [0.15, 0.2) is 36.8 Å². The number of fused-ring (bicyclic) bond motifs is 1. The average molecular weight is 253 g/mol. The quantitative estimate of drug-likeness (QED) is 0.779. The molecule has 19 heavy (non-hydrogen) atoms. The molecule has 0 unspecified atom stereocenters. The summed E-state index contributed by atoms with van der Waals surface area (Å²) in [5, 5.41) is 8.55. The van der Waals surface area contributed by atoms with Gasteiger partial charge in [-0.1, -0.05) is 17.7 Å². The van der Waals surface area contributed by atoms with Crippen molar-refractivity contribution in [2.24, 2.45) is 0 Å². The molecule has 0 aliphatic rings. The lowest BCUT2D eigenvalue weighted by molar-refractivity contribution is 0.676. The molecule has 96 valence electrons. The fourth-order valence-corrected chi connectivity index (χ4v) is 2.00. The lowest BCUT2D eigenvalue weighted by atomic mass is 10.2. The van der Waals surface area contributed by atoms with Gasteiger partial charge in [-0.3, -0.25) is 0 Å². The molecule has 0 saturated heterocycles. The molecule has 1 N–H and O–H groups in total. The van der Waals surface area contributed by atoms with Gasteiger partial charge in [-0.2, -0.15) is 5.10 Å². The van der Waals surface area contributed by atoms with Gasteiger partial charge in [0.25, 0.3) is 0 Å². The molecule has 3 rings (SSSR count). The fraction of sp³-hybridized carbons (Fsp3) is 0.214. The first-order valence-corrected chi connectivity index (χ1v) is 6.28. The number of hydrogen-bond acceptors (Lipinski definition) is 4. The summed E-state index contributed by atoms with van der Waals surface area (Å²) in [6, 6.07) is 8.20. The Kier molecular flexibility index (Phi) is 2.87. The second-order valence-electron chi connectivity index (χ2n) is 4.41. The van der Waals surface area contributed by atoms with Crippen molar-refractivity contribution in [3.05, 3.63) is 42.4 Å². The topological polar surface area (TPSA) is 55.6 Å². The molecule has 0 atom stereocenters. The third-order valence-electron chi connectivity index (χ3n) is 3.05. The molecule has 5 heteroatoms. The van der Waals surface area contributed by atoms with Gasteiger partial charge in [0, 0.05) is 12.2 Å². The highest BCUT2D eigenvalue weighted by Crippen LogP contribution is 2.22. The summed E-state index contributed by atoms with van der Waals surface area (Å²) in [7, 11) is 0. The predicted octanol–water partition coefficient (Wildman–Crippen LogP) is 2.90. The lowest BCUT2D eigenvalue weighted by Gasteiger charge is -2.06. The van der Waals surface area contributed by atoms with Crippen LogP contribution in [0.5, 0.6) is 0 Å². The van der Waals surface area contributed by atoms with Crippen molar-refractivity contribution in [2.75, 3.05) is 5.32 Å². The maximum Gasteiger partial charge on any atom is 0.163 e. The Morgan fingerprint density at radius 1 is 1.16 bits per heavy atom. The fourth-order valence-electron chi connectivity index (χ4n) is 2.00. The third kappa shape index (κ3) is 2.14. The second-order valence-corrected chi connectivity index (χ2v) is 4.41. The van der Waals surface area contributed by atoms with Gasteiger partial charge in [-0.05, 0) is 26.0 Å². The summed E-state index contributed by atoms with van der Waals surface area (Å²) in [4.78, 5) is 8.57. The van der Waals surface area contributed by atoms with Crippen LogP contribution < -0.4 is 5.32 Å². The zero-order valence-corrected chi connectivity index (χ0v) is 11.0. The molecule has 3 aromatic rings. The van der Waals surface area contributed by atoms with Gasteiger partial charge < -0.3 is 5.32 Å². The van der Waals surface area contributed by atoms with Crippen LogP contribution >= 0.6 is 0 Å². The van der Waals surface area contributed by atoms with Gasteiger partial charge >= 0.3 is 0 Å². The Hall–Kier alpha value is -2.43. The summed E-state index contributed by atoms with van der Waals surface area (Å²) in [6.45, 7) is 4.91. The first-order chi connectivity index (χ1) is 9.28. The number of aromatic nitrogens is 4. The van der Waals surface area contributed by atoms with Crippen molar-refractivity contribution < 1.29 is 0 Å². The summed E-state index contributed by atoms with van der Waals surface area (Å²) < 4.78 is 1.86. The summed E-state index contributed by atoms with van der Waals surface area (Å²) in [6.07, 6.45) is 3.36. The van der Waals surface area contributed by atoms with E-state index < -0.39 is 0 Å². The number of benzene rings is 1. The molecule has 0 bridgehead atoms. The van der Waals surface area contributed by atoms with E-state index in [-0.39, 0.29) is 0 Å². The second kappa shape index (κ2) is 4.68. The van der Waals surface area contributed by atoms with Gasteiger partial charge in [-0.25, -0.2) is 14.6 Å². The molecule has 0 spiro atoms. The Morgan fingerprint density at radius 3 is 2.68 bits per heavy atom. The molecule has 0 aliphatic carbocycles. The number of anilines is 2. The SMILES string of the molecule is CCn1ncc2c(Nc3ccc(C)cc3)ncnc21. The summed E-state index contributed by atoms with van der Waals surface area (Å²) >= 11 is 0. The van der Waals surface area contributed by atoms with Crippen LogP contribution in [0.25, 0.3) is 11.0 Å². The van der Waals surface area contributed by atoms with Crippen molar-refractivity contribution in [2.45, 2.75) is 20.4 Å². The molecule has 0 aliphatic heterocycles. The van der Waals surface area contributed by atoms with Crippen LogP contribution in [0.1, 0.15) is 12.5 Å². The lowest BCUT2D eigenvalue weighted by Crippen LogP contribution is -1.99. The smallest absolute Gasteiger partial charge is 0.163 e. The highest BCUT2D eigenvalue weighted by molar-refractivity contribution is 5.88. The minimum absolute atomic E-state index is 0.786. The van der Waals surface area contributed by atoms with Crippen molar-refractivity contribution in [3.8, 4) is 0 Å². The van der Waals surface area contributed by atoms with Crippen LogP contribution in [-0.4, -0.2) is 19.7 Å². The van der Waals surface area contributed by atoms with Crippen molar-refractivity contribution in [3.63, 3.8) is 0 Å². The minimum Gasteiger partial charge on any atom is -0.340 e. The molecule has 1 aromatic carbocycles. The molecule has 2 aromatic heterocycles. The van der Waals surface area contributed by atoms with E-state index in [2.05, 4.69) is 39.4 Å². The Bertz CT molecular complexity index is 699. The zero-order chi connectivity index (χ0) is 13.2. The van der Waals surface area contributed by atoms with Crippen molar-refractivity contribution in [1.29, 1.82) is 0 Å². The Labute approximate surface area is 111 Å². The van der Waals surface area contributed by atoms with Gasteiger partial charge in [0.1, 0.15) is 12.1 Å². The van der Waals surface area contributed by atoms with Crippen LogP contribution in [0.4, 0.5) is 11.5 Å². The molecule has 5 nitrogen and oxygen atoms in total. The molecule has 2 heterocycles. The van der Waals surface area contributed by atoms with Crippen LogP contribution in [0.3, 0.4) is 0 Å². The van der Waals surface area contributed by atoms with E-state index in [0.29, 0.717) is 0 Å². The van der Waals surface area contributed by atoms with E-state index in [1.807, 2.05) is 23.7 Å². The first-order valence-electron chi connectivity index (χ1n) is 6.28. The minimum atomic E-state index is 0.786. The molecule has 0 amide bonds. The summed E-state index contributed by atoms with van der Waals surface area (Å²) in [5.41, 5.74) is 3.10. The van der Waals surface area contributed by atoms with Crippen molar-refractivity contribution in [1.82, 2.24) is 19.7 Å². The Morgan fingerprint density at radius 2 is 1.95 bits per heavy atom. The van der Waals surface area contributed by atoms with Crippen LogP contribution in [0, 0.1) is 6.92 Å². The maximum absolute atomic E-state index is 4.30. The number of hydrogen-bond donors (Lipinski definition) is 1. The Balaban J connectivity index is 2.01. The average Bonchev–Trinajstić information content (AvgIpc) is 2.85. The molecule has 0 radical (unpaired) electrons. The van der Waals surface area contributed by atoms with E-state index in [1.54, 1.807) is 12.5 Å². The monoisotopic (exact) mass is 253 g/mol. The van der Waals surface area contributed by atoms with E-state index in [9.17, 15) is 0 Å². The molecule has 0 saturated carbocycles. The highest BCUT2D eigenvalue weighted by Gasteiger charge is 2.08. The molecule has 0 fully saturated rings. The maximum atomic E-state index is 4.30. The molecular weight excluding hydrogens is 238 g/mol. The summed E-state index contributed by atoms with van der Waals surface area (Å²) in [5.74, 6) is 0.786. The van der Waals surface area contributed by atoms with Gasteiger partial charge in [0.15, 0.2) is 5.65 Å². The number of rotatable bonds is 3. The largest absolute Gasteiger partial charge is 0.340 e. The van der Waals surface area contributed by atoms with Crippen LogP contribution in [0.2, 0.25) is 0 Å². The highest BCUT2D eigenvalue weighted by atomic mass is 15.3. The number of aryl methyl sites for hydroxylation is 2. The molecular formula is C14H15N5. The van der Waals surface area contributed by atoms with Crippen molar-refractivity contribution >= 4 is 22.5 Å². The van der Waals surface area contributed by atoms with E-state index >= 15 is 0 Å². The van der Waals surface area contributed by atoms with Crippen LogP contribution in [-0.2, 0) is 6.54 Å². The van der Waals surface area contributed by atoms with Gasteiger partial charge in [0.05, 0.1) is 11.6 Å². The first kappa shape index (κ1) is 11.6. The number of nitrogens with zero attached hydrogens (tertiary/aromatic N) is 4. The normalized spacial score (nSPS) is 10.8.